The SMILES string of the molecule is CC(C)CCC(O)Cc1ccc(F)cc1Br. The molecular formula is C13H18BrFO. The van der Waals surface area contributed by atoms with E-state index in [0.717, 1.165) is 22.9 Å². The van der Waals surface area contributed by atoms with Gasteiger partial charge in [-0.25, -0.2) is 4.39 Å². The minimum atomic E-state index is -0.343. The molecule has 1 rings (SSSR count). The first kappa shape index (κ1) is 13.7. The number of halogens is 2. The topological polar surface area (TPSA) is 20.2 Å². The number of aliphatic hydroxyl groups excluding tert-OH is 1. The molecule has 16 heavy (non-hydrogen) atoms. The Morgan fingerprint density at radius 1 is 1.31 bits per heavy atom. The number of aliphatic hydroxyl groups is 1. The van der Waals surface area contributed by atoms with Crippen molar-refractivity contribution in [2.45, 2.75) is 39.2 Å². The van der Waals surface area contributed by atoms with Gasteiger partial charge in [0.2, 0.25) is 0 Å². The number of hydrogen-bond acceptors (Lipinski definition) is 1. The van der Waals surface area contributed by atoms with Crippen LogP contribution in [0.25, 0.3) is 0 Å². The van der Waals surface area contributed by atoms with Crippen LogP contribution in [0.3, 0.4) is 0 Å². The van der Waals surface area contributed by atoms with Crippen molar-refractivity contribution in [1.82, 2.24) is 0 Å². The minimum absolute atomic E-state index is 0.257. The maximum absolute atomic E-state index is 12.8. The van der Waals surface area contributed by atoms with Crippen molar-refractivity contribution >= 4 is 15.9 Å². The smallest absolute Gasteiger partial charge is 0.124 e. The quantitative estimate of drug-likeness (QED) is 0.870. The second-order valence-electron chi connectivity index (χ2n) is 4.56. The average Bonchev–Trinajstić information content (AvgIpc) is 2.19. The molecule has 0 bridgehead atoms. The molecule has 90 valence electrons. The Morgan fingerprint density at radius 3 is 2.56 bits per heavy atom. The van der Waals surface area contributed by atoms with Gasteiger partial charge in [-0.15, -0.1) is 0 Å². The highest BCUT2D eigenvalue weighted by Crippen LogP contribution is 2.21. The highest BCUT2D eigenvalue weighted by Gasteiger charge is 2.09. The summed E-state index contributed by atoms with van der Waals surface area (Å²) in [6.45, 7) is 4.28. The first-order valence-corrected chi connectivity index (χ1v) is 6.40. The van der Waals surface area contributed by atoms with Crippen molar-refractivity contribution in [3.63, 3.8) is 0 Å². The van der Waals surface area contributed by atoms with Gasteiger partial charge < -0.3 is 5.11 Å². The third-order valence-corrected chi connectivity index (χ3v) is 3.29. The maximum atomic E-state index is 12.8. The van der Waals surface area contributed by atoms with E-state index in [9.17, 15) is 9.50 Å². The first-order valence-electron chi connectivity index (χ1n) is 5.61. The summed E-state index contributed by atoms with van der Waals surface area (Å²) < 4.78 is 13.6. The van der Waals surface area contributed by atoms with Gasteiger partial charge in [0, 0.05) is 4.47 Å². The van der Waals surface area contributed by atoms with E-state index in [-0.39, 0.29) is 11.9 Å². The zero-order valence-electron chi connectivity index (χ0n) is 9.71. The number of benzene rings is 1. The predicted octanol–water partition coefficient (Wildman–Crippen LogP) is 3.93. The minimum Gasteiger partial charge on any atom is -0.393 e. The van der Waals surface area contributed by atoms with Crippen LogP contribution in [0, 0.1) is 11.7 Å². The van der Waals surface area contributed by atoms with Gasteiger partial charge >= 0.3 is 0 Å². The standard InChI is InChI=1S/C13H18BrFO/c1-9(2)3-6-12(16)7-10-4-5-11(15)8-13(10)14/h4-5,8-9,12,16H,3,6-7H2,1-2H3. The summed E-state index contributed by atoms with van der Waals surface area (Å²) >= 11 is 3.30. The van der Waals surface area contributed by atoms with Crippen molar-refractivity contribution in [3.05, 3.63) is 34.1 Å². The summed E-state index contributed by atoms with van der Waals surface area (Å²) in [4.78, 5) is 0. The molecule has 1 nitrogen and oxygen atoms in total. The van der Waals surface area contributed by atoms with Crippen molar-refractivity contribution < 1.29 is 9.50 Å². The van der Waals surface area contributed by atoms with E-state index in [2.05, 4.69) is 29.8 Å². The van der Waals surface area contributed by atoms with Crippen LogP contribution in [-0.4, -0.2) is 11.2 Å². The fraction of sp³-hybridized carbons (Fsp3) is 0.538. The molecule has 0 fully saturated rings. The summed E-state index contributed by atoms with van der Waals surface area (Å²) in [5.74, 6) is 0.346. The highest BCUT2D eigenvalue weighted by molar-refractivity contribution is 9.10. The average molecular weight is 289 g/mol. The van der Waals surface area contributed by atoms with Crippen LogP contribution < -0.4 is 0 Å². The van der Waals surface area contributed by atoms with Crippen molar-refractivity contribution in [2.24, 2.45) is 5.92 Å². The molecule has 0 amide bonds. The normalized spacial score (nSPS) is 13.1. The second kappa shape index (κ2) is 6.36. The Bertz CT molecular complexity index is 339. The molecule has 1 unspecified atom stereocenters. The molecule has 0 spiro atoms. The van der Waals surface area contributed by atoms with Gasteiger partial charge in [-0.05, 0) is 42.9 Å². The van der Waals surface area contributed by atoms with Crippen LogP contribution in [0.15, 0.2) is 22.7 Å². The molecule has 0 aliphatic rings. The molecule has 0 saturated heterocycles. The molecule has 3 heteroatoms. The van der Waals surface area contributed by atoms with Gasteiger partial charge in [0.1, 0.15) is 5.82 Å². The predicted molar refractivity (Wildman–Crippen MR) is 67.9 cm³/mol. The molecule has 0 radical (unpaired) electrons. The molecule has 1 N–H and O–H groups in total. The van der Waals surface area contributed by atoms with E-state index in [0.29, 0.717) is 12.3 Å². The maximum Gasteiger partial charge on any atom is 0.124 e. The lowest BCUT2D eigenvalue weighted by Crippen LogP contribution is -2.12. The molecular weight excluding hydrogens is 271 g/mol. The summed E-state index contributed by atoms with van der Waals surface area (Å²) in [6, 6.07) is 4.58. The summed E-state index contributed by atoms with van der Waals surface area (Å²) in [7, 11) is 0. The van der Waals surface area contributed by atoms with E-state index in [1.165, 1.54) is 12.1 Å². The van der Waals surface area contributed by atoms with Crippen LogP contribution in [0.4, 0.5) is 4.39 Å². The Morgan fingerprint density at radius 2 is 2.00 bits per heavy atom. The van der Waals surface area contributed by atoms with E-state index >= 15 is 0 Å². The lowest BCUT2D eigenvalue weighted by molar-refractivity contribution is 0.156. The van der Waals surface area contributed by atoms with Gasteiger partial charge in [0.05, 0.1) is 6.10 Å². The molecule has 1 aromatic carbocycles. The van der Waals surface area contributed by atoms with Gasteiger partial charge in [-0.2, -0.15) is 0 Å². The molecule has 0 heterocycles. The zero-order chi connectivity index (χ0) is 12.1. The Labute approximate surface area is 105 Å². The Kier molecular flexibility index (Phi) is 5.42. The third kappa shape index (κ3) is 4.62. The van der Waals surface area contributed by atoms with Crippen LogP contribution in [0.2, 0.25) is 0 Å². The van der Waals surface area contributed by atoms with Crippen LogP contribution in [0.5, 0.6) is 0 Å². The molecule has 1 aromatic rings. The highest BCUT2D eigenvalue weighted by atomic mass is 79.9. The third-order valence-electron chi connectivity index (χ3n) is 2.55. The second-order valence-corrected chi connectivity index (χ2v) is 5.42. The fourth-order valence-corrected chi connectivity index (χ4v) is 2.08. The largest absolute Gasteiger partial charge is 0.393 e. The van der Waals surface area contributed by atoms with Gasteiger partial charge in [0.25, 0.3) is 0 Å². The summed E-state index contributed by atoms with van der Waals surface area (Å²) in [5, 5.41) is 9.83. The molecule has 1 atom stereocenters. The zero-order valence-corrected chi connectivity index (χ0v) is 11.3. The van der Waals surface area contributed by atoms with Crippen molar-refractivity contribution in [3.8, 4) is 0 Å². The summed E-state index contributed by atoms with van der Waals surface area (Å²) in [6.07, 6.45) is 2.04. The van der Waals surface area contributed by atoms with E-state index in [1.807, 2.05) is 0 Å². The molecule has 0 saturated carbocycles. The van der Waals surface area contributed by atoms with Crippen LogP contribution >= 0.6 is 15.9 Å². The number of rotatable bonds is 5. The van der Waals surface area contributed by atoms with E-state index in [4.69, 9.17) is 0 Å². The van der Waals surface area contributed by atoms with Gasteiger partial charge in [-0.1, -0.05) is 35.8 Å². The Balaban J connectivity index is 2.52. The Hall–Kier alpha value is -0.410. The lowest BCUT2D eigenvalue weighted by Gasteiger charge is -2.13. The van der Waals surface area contributed by atoms with E-state index < -0.39 is 0 Å². The van der Waals surface area contributed by atoms with E-state index in [1.54, 1.807) is 6.07 Å². The summed E-state index contributed by atoms with van der Waals surface area (Å²) in [5.41, 5.74) is 0.956. The van der Waals surface area contributed by atoms with Crippen LogP contribution in [-0.2, 0) is 6.42 Å². The molecule has 0 aliphatic carbocycles. The van der Waals surface area contributed by atoms with Crippen LogP contribution in [0.1, 0.15) is 32.3 Å². The van der Waals surface area contributed by atoms with Crippen molar-refractivity contribution in [1.29, 1.82) is 0 Å². The van der Waals surface area contributed by atoms with Gasteiger partial charge in [0.15, 0.2) is 0 Å². The number of hydrogen-bond donors (Lipinski definition) is 1. The van der Waals surface area contributed by atoms with Crippen molar-refractivity contribution in [2.75, 3.05) is 0 Å². The fourth-order valence-electron chi connectivity index (χ4n) is 1.57. The van der Waals surface area contributed by atoms with Gasteiger partial charge in [-0.3, -0.25) is 0 Å². The lowest BCUT2D eigenvalue weighted by atomic mass is 10.00. The monoisotopic (exact) mass is 288 g/mol. The first-order chi connectivity index (χ1) is 7.49. The molecule has 0 aromatic heterocycles. The molecule has 0 aliphatic heterocycles.